The molecule has 1 heterocycles. The number of rotatable bonds is 8. The molecule has 3 rings (SSSR count). The molecule has 0 bridgehead atoms. The van der Waals surface area contributed by atoms with Crippen molar-refractivity contribution in [1.29, 1.82) is 0 Å². The van der Waals surface area contributed by atoms with Gasteiger partial charge >= 0.3 is 5.97 Å². The van der Waals surface area contributed by atoms with Gasteiger partial charge in [-0.3, -0.25) is 14.3 Å². The van der Waals surface area contributed by atoms with E-state index in [9.17, 15) is 23.1 Å². The molecular formula is C21H23N3O7S. The second-order valence-electron chi connectivity index (χ2n) is 7.22. The third-order valence-corrected chi connectivity index (χ3v) is 5.45. The molecule has 3 N–H and O–H groups in total. The first-order chi connectivity index (χ1) is 15.1. The van der Waals surface area contributed by atoms with Crippen LogP contribution in [0.1, 0.15) is 36.4 Å². The SMILES string of the molecule is COc1cccc(C2CC(c3ccccc3NS(C)(=O)=O)=NN2C(=O)CCC(=O)O)c1O. The van der Waals surface area contributed by atoms with E-state index < -0.39 is 27.9 Å². The Kier molecular flexibility index (Phi) is 6.68. The van der Waals surface area contributed by atoms with Gasteiger partial charge in [0.1, 0.15) is 0 Å². The summed E-state index contributed by atoms with van der Waals surface area (Å²) in [4.78, 5) is 23.8. The van der Waals surface area contributed by atoms with Crippen molar-refractivity contribution in [3.8, 4) is 11.5 Å². The van der Waals surface area contributed by atoms with Gasteiger partial charge in [0.05, 0.1) is 37.2 Å². The smallest absolute Gasteiger partial charge is 0.303 e. The maximum absolute atomic E-state index is 12.8. The minimum atomic E-state index is -3.57. The number of nitrogens with one attached hydrogen (secondary N) is 1. The van der Waals surface area contributed by atoms with Gasteiger partial charge in [-0.15, -0.1) is 0 Å². The number of carbonyl (C=O) groups is 2. The van der Waals surface area contributed by atoms with Crippen LogP contribution in [0.2, 0.25) is 0 Å². The van der Waals surface area contributed by atoms with Gasteiger partial charge in [-0.1, -0.05) is 30.3 Å². The standard InChI is InChI=1S/C21H23N3O7S/c1-31-18-9-5-7-14(21(18)28)17-12-16(22-24(17)19(25)10-11-20(26)27)13-6-3-4-8-15(13)23-32(2,29)30/h3-9,17,23,28H,10-12H2,1-2H3,(H,26,27). The zero-order chi connectivity index (χ0) is 23.5. The average molecular weight is 461 g/mol. The van der Waals surface area contributed by atoms with Crippen LogP contribution in [-0.2, 0) is 19.6 Å². The molecule has 32 heavy (non-hydrogen) atoms. The number of amides is 1. The van der Waals surface area contributed by atoms with Crippen LogP contribution in [-0.4, -0.2) is 54.6 Å². The van der Waals surface area contributed by atoms with Crippen LogP contribution in [0.15, 0.2) is 47.6 Å². The fourth-order valence-corrected chi connectivity index (χ4v) is 4.05. The predicted molar refractivity (Wildman–Crippen MR) is 117 cm³/mol. The van der Waals surface area contributed by atoms with E-state index in [1.54, 1.807) is 42.5 Å². The summed E-state index contributed by atoms with van der Waals surface area (Å²) in [5, 5.41) is 25.1. The fourth-order valence-electron chi connectivity index (χ4n) is 3.47. The van der Waals surface area contributed by atoms with Crippen molar-refractivity contribution in [2.75, 3.05) is 18.1 Å². The largest absolute Gasteiger partial charge is 0.504 e. The second kappa shape index (κ2) is 9.27. The monoisotopic (exact) mass is 461 g/mol. The molecule has 1 aliphatic rings. The molecular weight excluding hydrogens is 438 g/mol. The number of nitrogens with zero attached hydrogens (tertiary/aromatic N) is 2. The van der Waals surface area contributed by atoms with Gasteiger partial charge in [0, 0.05) is 24.0 Å². The van der Waals surface area contributed by atoms with Crippen LogP contribution < -0.4 is 9.46 Å². The Morgan fingerprint density at radius 3 is 2.56 bits per heavy atom. The van der Waals surface area contributed by atoms with Crippen LogP contribution in [0.4, 0.5) is 5.69 Å². The van der Waals surface area contributed by atoms with E-state index in [0.29, 0.717) is 22.5 Å². The number of carboxylic acids is 1. The van der Waals surface area contributed by atoms with Gasteiger partial charge in [0.15, 0.2) is 11.5 Å². The molecule has 1 aliphatic heterocycles. The highest BCUT2D eigenvalue weighted by Crippen LogP contribution is 2.42. The Morgan fingerprint density at radius 1 is 1.19 bits per heavy atom. The molecule has 11 heteroatoms. The number of ether oxygens (including phenoxy) is 1. The Bertz CT molecular complexity index is 1180. The number of benzene rings is 2. The molecule has 0 fully saturated rings. The van der Waals surface area contributed by atoms with E-state index in [2.05, 4.69) is 9.82 Å². The number of aliphatic carboxylic acids is 1. The predicted octanol–water partition coefficient (Wildman–Crippen LogP) is 2.31. The molecule has 0 saturated heterocycles. The molecule has 10 nitrogen and oxygen atoms in total. The number of carbonyl (C=O) groups excluding carboxylic acids is 1. The van der Waals surface area contributed by atoms with E-state index in [1.165, 1.54) is 7.11 Å². The van der Waals surface area contributed by atoms with E-state index in [-0.39, 0.29) is 30.8 Å². The van der Waals surface area contributed by atoms with E-state index in [1.807, 2.05) is 0 Å². The molecule has 1 atom stereocenters. The zero-order valence-electron chi connectivity index (χ0n) is 17.5. The Balaban J connectivity index is 2.04. The summed E-state index contributed by atoms with van der Waals surface area (Å²) in [7, 11) is -2.16. The Hall–Kier alpha value is -3.60. The number of hydrogen-bond acceptors (Lipinski definition) is 7. The highest BCUT2D eigenvalue weighted by Gasteiger charge is 2.36. The van der Waals surface area contributed by atoms with Crippen LogP contribution in [0.5, 0.6) is 11.5 Å². The highest BCUT2D eigenvalue weighted by atomic mass is 32.2. The quantitative estimate of drug-likeness (QED) is 0.547. The van der Waals surface area contributed by atoms with Crippen molar-refractivity contribution in [1.82, 2.24) is 5.01 Å². The number of hydrazone groups is 1. The topological polar surface area (TPSA) is 146 Å². The summed E-state index contributed by atoms with van der Waals surface area (Å²) in [6, 6.07) is 10.7. The number of phenolic OH excluding ortho intramolecular Hbond substituents is 1. The van der Waals surface area contributed by atoms with Crippen LogP contribution in [0.3, 0.4) is 0 Å². The van der Waals surface area contributed by atoms with Gasteiger partial charge in [-0.05, 0) is 12.1 Å². The van der Waals surface area contributed by atoms with Gasteiger partial charge in [0.25, 0.3) is 0 Å². The van der Waals surface area contributed by atoms with E-state index in [0.717, 1.165) is 11.3 Å². The number of hydrogen-bond donors (Lipinski definition) is 3. The minimum Gasteiger partial charge on any atom is -0.504 e. The molecule has 2 aromatic rings. The van der Waals surface area contributed by atoms with Crippen LogP contribution in [0, 0.1) is 0 Å². The number of methoxy groups -OCH3 is 1. The normalized spacial score (nSPS) is 15.9. The molecule has 0 radical (unpaired) electrons. The summed E-state index contributed by atoms with van der Waals surface area (Å²) in [5.41, 5.74) is 1.55. The molecule has 2 aromatic carbocycles. The highest BCUT2D eigenvalue weighted by molar-refractivity contribution is 7.92. The maximum atomic E-state index is 12.8. The van der Waals surface area contributed by atoms with E-state index >= 15 is 0 Å². The number of sulfonamides is 1. The summed E-state index contributed by atoms with van der Waals surface area (Å²) >= 11 is 0. The third kappa shape index (κ3) is 5.17. The fraction of sp³-hybridized carbons (Fsp3) is 0.286. The Labute approximate surface area is 185 Å². The lowest BCUT2D eigenvalue weighted by Gasteiger charge is -2.23. The lowest BCUT2D eigenvalue weighted by molar-refractivity contribution is -0.141. The molecule has 170 valence electrons. The van der Waals surface area contributed by atoms with Crippen molar-refractivity contribution in [3.05, 3.63) is 53.6 Å². The molecule has 0 spiro atoms. The van der Waals surface area contributed by atoms with Gasteiger partial charge in [-0.25, -0.2) is 13.4 Å². The van der Waals surface area contributed by atoms with Gasteiger partial charge in [0.2, 0.25) is 15.9 Å². The number of phenols is 1. The van der Waals surface area contributed by atoms with Crippen molar-refractivity contribution >= 4 is 33.3 Å². The molecule has 1 unspecified atom stereocenters. The first-order valence-corrected chi connectivity index (χ1v) is 11.5. The van der Waals surface area contributed by atoms with Crippen LogP contribution >= 0.6 is 0 Å². The number of carboxylic acid groups (broad SMARTS) is 1. The summed E-state index contributed by atoms with van der Waals surface area (Å²) in [5.74, 6) is -1.60. The summed E-state index contributed by atoms with van der Waals surface area (Å²) in [6.45, 7) is 0. The molecule has 0 aromatic heterocycles. The van der Waals surface area contributed by atoms with Gasteiger partial charge in [-0.2, -0.15) is 5.10 Å². The number of para-hydroxylation sites is 2. The third-order valence-electron chi connectivity index (χ3n) is 4.86. The average Bonchev–Trinajstić information content (AvgIpc) is 3.16. The van der Waals surface area contributed by atoms with Crippen molar-refractivity contribution < 1.29 is 33.0 Å². The van der Waals surface area contributed by atoms with Crippen molar-refractivity contribution in [2.45, 2.75) is 25.3 Å². The number of anilines is 1. The zero-order valence-corrected chi connectivity index (χ0v) is 18.3. The molecule has 1 amide bonds. The first kappa shape index (κ1) is 23.1. The first-order valence-electron chi connectivity index (χ1n) is 9.65. The summed E-state index contributed by atoms with van der Waals surface area (Å²) < 4.78 is 31.1. The lowest BCUT2D eigenvalue weighted by Crippen LogP contribution is -2.27. The summed E-state index contributed by atoms with van der Waals surface area (Å²) in [6.07, 6.45) is 0.543. The Morgan fingerprint density at radius 2 is 1.91 bits per heavy atom. The van der Waals surface area contributed by atoms with Gasteiger partial charge < -0.3 is 14.9 Å². The number of aromatic hydroxyl groups is 1. The van der Waals surface area contributed by atoms with E-state index in [4.69, 9.17) is 9.84 Å². The lowest BCUT2D eigenvalue weighted by atomic mass is 9.96. The minimum absolute atomic E-state index is 0.157. The second-order valence-corrected chi connectivity index (χ2v) is 8.97. The van der Waals surface area contributed by atoms with Crippen molar-refractivity contribution in [2.24, 2.45) is 5.10 Å². The molecule has 0 saturated carbocycles. The van der Waals surface area contributed by atoms with Crippen LogP contribution in [0.25, 0.3) is 0 Å². The van der Waals surface area contributed by atoms with Crippen molar-refractivity contribution in [3.63, 3.8) is 0 Å². The maximum Gasteiger partial charge on any atom is 0.303 e. The molecule has 0 aliphatic carbocycles.